The first-order valence-electron chi connectivity index (χ1n) is 6.84. The fourth-order valence-electron chi connectivity index (χ4n) is 2.10. The SMILES string of the molecule is CCC(NCC(C)(C)CCC#N)c1cccc(Cl)c1. The molecule has 1 unspecified atom stereocenters. The van der Waals surface area contributed by atoms with Crippen molar-refractivity contribution in [3.8, 4) is 6.07 Å². The number of hydrogen-bond donors (Lipinski definition) is 1. The predicted molar refractivity (Wildman–Crippen MR) is 81.1 cm³/mol. The molecule has 104 valence electrons. The summed E-state index contributed by atoms with van der Waals surface area (Å²) < 4.78 is 0. The smallest absolute Gasteiger partial charge is 0.0621 e. The molecule has 1 aromatic rings. The fourth-order valence-corrected chi connectivity index (χ4v) is 2.30. The van der Waals surface area contributed by atoms with Gasteiger partial charge >= 0.3 is 0 Å². The topological polar surface area (TPSA) is 35.8 Å². The Kier molecular flexibility index (Phi) is 6.34. The maximum atomic E-state index is 8.68. The van der Waals surface area contributed by atoms with E-state index in [9.17, 15) is 0 Å². The number of halogens is 1. The Morgan fingerprint density at radius 1 is 1.42 bits per heavy atom. The van der Waals surface area contributed by atoms with Gasteiger partial charge in [0, 0.05) is 24.0 Å². The molecule has 0 bridgehead atoms. The zero-order chi connectivity index (χ0) is 14.3. The molecule has 1 atom stereocenters. The number of nitrogens with one attached hydrogen (secondary N) is 1. The van der Waals surface area contributed by atoms with Crippen LogP contribution in [-0.2, 0) is 0 Å². The highest BCUT2D eigenvalue weighted by Gasteiger charge is 2.19. The summed E-state index contributed by atoms with van der Waals surface area (Å²) in [5, 5.41) is 13.0. The van der Waals surface area contributed by atoms with Crippen LogP contribution in [0, 0.1) is 16.7 Å². The third-order valence-electron chi connectivity index (χ3n) is 3.40. The lowest BCUT2D eigenvalue weighted by molar-refractivity contribution is 0.298. The van der Waals surface area contributed by atoms with Crippen LogP contribution in [0.5, 0.6) is 0 Å². The number of nitriles is 1. The van der Waals surface area contributed by atoms with E-state index < -0.39 is 0 Å². The van der Waals surface area contributed by atoms with Crippen LogP contribution in [0.1, 0.15) is 51.6 Å². The summed E-state index contributed by atoms with van der Waals surface area (Å²) in [4.78, 5) is 0. The van der Waals surface area contributed by atoms with Crippen molar-refractivity contribution < 1.29 is 0 Å². The van der Waals surface area contributed by atoms with Crippen molar-refractivity contribution in [2.24, 2.45) is 5.41 Å². The minimum absolute atomic E-state index is 0.141. The Bertz CT molecular complexity index is 435. The molecule has 0 aromatic heterocycles. The zero-order valence-electron chi connectivity index (χ0n) is 12.0. The van der Waals surface area contributed by atoms with E-state index in [-0.39, 0.29) is 5.41 Å². The molecule has 1 aromatic carbocycles. The van der Waals surface area contributed by atoms with Crippen molar-refractivity contribution in [1.82, 2.24) is 5.32 Å². The van der Waals surface area contributed by atoms with Gasteiger partial charge in [0.2, 0.25) is 0 Å². The summed E-state index contributed by atoms with van der Waals surface area (Å²) in [5.41, 5.74) is 1.37. The maximum absolute atomic E-state index is 8.68. The van der Waals surface area contributed by atoms with Crippen molar-refractivity contribution >= 4 is 11.6 Å². The van der Waals surface area contributed by atoms with Gasteiger partial charge in [-0.25, -0.2) is 0 Å². The molecule has 0 saturated heterocycles. The molecule has 0 saturated carbocycles. The highest BCUT2D eigenvalue weighted by molar-refractivity contribution is 6.30. The van der Waals surface area contributed by atoms with Gasteiger partial charge in [-0.15, -0.1) is 0 Å². The van der Waals surface area contributed by atoms with Crippen LogP contribution in [0.25, 0.3) is 0 Å². The van der Waals surface area contributed by atoms with Gasteiger partial charge in [-0.05, 0) is 36.0 Å². The second kappa shape index (κ2) is 7.53. The maximum Gasteiger partial charge on any atom is 0.0621 e. The second-order valence-electron chi connectivity index (χ2n) is 5.72. The largest absolute Gasteiger partial charge is 0.309 e. The summed E-state index contributed by atoms with van der Waals surface area (Å²) in [5.74, 6) is 0. The summed E-state index contributed by atoms with van der Waals surface area (Å²) in [6.45, 7) is 7.46. The highest BCUT2D eigenvalue weighted by atomic mass is 35.5. The van der Waals surface area contributed by atoms with E-state index in [0.29, 0.717) is 12.5 Å². The number of nitrogens with zero attached hydrogens (tertiary/aromatic N) is 1. The molecule has 3 heteroatoms. The van der Waals surface area contributed by atoms with E-state index in [2.05, 4.69) is 38.2 Å². The van der Waals surface area contributed by atoms with Crippen LogP contribution in [0.3, 0.4) is 0 Å². The molecule has 0 aliphatic carbocycles. The number of hydrogen-bond acceptors (Lipinski definition) is 2. The highest BCUT2D eigenvalue weighted by Crippen LogP contribution is 2.25. The first-order valence-corrected chi connectivity index (χ1v) is 7.22. The summed E-state index contributed by atoms with van der Waals surface area (Å²) in [6.07, 6.45) is 2.56. The molecular weight excluding hydrogens is 256 g/mol. The predicted octanol–water partition coefficient (Wildman–Crippen LogP) is 4.71. The first kappa shape index (κ1) is 16.0. The number of rotatable bonds is 7. The minimum atomic E-state index is 0.141. The molecule has 0 heterocycles. The molecule has 0 aliphatic rings. The van der Waals surface area contributed by atoms with Gasteiger partial charge in [-0.1, -0.05) is 44.5 Å². The lowest BCUT2D eigenvalue weighted by Crippen LogP contribution is -2.32. The van der Waals surface area contributed by atoms with Crippen molar-refractivity contribution in [3.63, 3.8) is 0 Å². The Morgan fingerprint density at radius 2 is 2.16 bits per heavy atom. The van der Waals surface area contributed by atoms with Gasteiger partial charge in [0.05, 0.1) is 6.07 Å². The lowest BCUT2D eigenvalue weighted by Gasteiger charge is -2.27. The molecule has 2 nitrogen and oxygen atoms in total. The average molecular weight is 279 g/mol. The first-order chi connectivity index (χ1) is 8.98. The van der Waals surface area contributed by atoms with Gasteiger partial charge in [-0.3, -0.25) is 0 Å². The molecule has 1 N–H and O–H groups in total. The Labute approximate surface area is 121 Å². The van der Waals surface area contributed by atoms with Crippen molar-refractivity contribution in [3.05, 3.63) is 34.9 Å². The standard InChI is InChI=1S/C16H23ClN2/c1-4-15(13-7-5-8-14(17)11-13)19-12-16(2,3)9-6-10-18/h5,7-8,11,15,19H,4,6,9,12H2,1-3H3. The van der Waals surface area contributed by atoms with Crippen molar-refractivity contribution in [1.29, 1.82) is 5.26 Å². The second-order valence-corrected chi connectivity index (χ2v) is 6.16. The van der Waals surface area contributed by atoms with Crippen molar-refractivity contribution in [2.75, 3.05) is 6.54 Å². The Balaban J connectivity index is 2.61. The third-order valence-corrected chi connectivity index (χ3v) is 3.63. The van der Waals surface area contributed by atoms with Gasteiger partial charge in [0.25, 0.3) is 0 Å². The van der Waals surface area contributed by atoms with Crippen LogP contribution in [-0.4, -0.2) is 6.54 Å². The molecule has 0 aliphatic heterocycles. The molecule has 0 fully saturated rings. The molecule has 0 amide bonds. The number of benzene rings is 1. The van der Waals surface area contributed by atoms with E-state index in [1.54, 1.807) is 0 Å². The molecular formula is C16H23ClN2. The summed E-state index contributed by atoms with van der Waals surface area (Å²) in [6, 6.07) is 10.6. The minimum Gasteiger partial charge on any atom is -0.309 e. The monoisotopic (exact) mass is 278 g/mol. The summed E-state index contributed by atoms with van der Waals surface area (Å²) >= 11 is 6.04. The molecule has 0 spiro atoms. The fraction of sp³-hybridized carbons (Fsp3) is 0.562. The average Bonchev–Trinajstić information content (AvgIpc) is 2.37. The molecule has 19 heavy (non-hydrogen) atoms. The van der Waals surface area contributed by atoms with E-state index in [4.69, 9.17) is 16.9 Å². The lowest BCUT2D eigenvalue weighted by atomic mass is 9.87. The molecule has 1 rings (SSSR count). The zero-order valence-corrected chi connectivity index (χ0v) is 12.8. The van der Waals surface area contributed by atoms with E-state index in [0.717, 1.165) is 24.4 Å². The van der Waals surface area contributed by atoms with Crippen LogP contribution in [0.2, 0.25) is 5.02 Å². The molecule has 0 radical (unpaired) electrons. The van der Waals surface area contributed by atoms with Crippen LogP contribution in [0.15, 0.2) is 24.3 Å². The summed E-state index contributed by atoms with van der Waals surface area (Å²) in [7, 11) is 0. The Hall–Kier alpha value is -1.04. The quantitative estimate of drug-likeness (QED) is 0.784. The van der Waals surface area contributed by atoms with Crippen LogP contribution < -0.4 is 5.32 Å². The van der Waals surface area contributed by atoms with Crippen LogP contribution >= 0.6 is 11.6 Å². The Morgan fingerprint density at radius 3 is 2.74 bits per heavy atom. The van der Waals surface area contributed by atoms with Gasteiger partial charge < -0.3 is 5.32 Å². The van der Waals surface area contributed by atoms with Crippen molar-refractivity contribution in [2.45, 2.75) is 46.1 Å². The van der Waals surface area contributed by atoms with E-state index in [1.165, 1.54) is 5.56 Å². The van der Waals surface area contributed by atoms with Crippen LogP contribution in [0.4, 0.5) is 0 Å². The third kappa shape index (κ3) is 5.63. The van der Waals surface area contributed by atoms with E-state index in [1.807, 2.05) is 18.2 Å². The normalized spacial score (nSPS) is 13.0. The van der Waals surface area contributed by atoms with Gasteiger partial charge in [-0.2, -0.15) is 5.26 Å². The van der Waals surface area contributed by atoms with E-state index >= 15 is 0 Å². The van der Waals surface area contributed by atoms with Gasteiger partial charge in [0.15, 0.2) is 0 Å². The van der Waals surface area contributed by atoms with Gasteiger partial charge in [0.1, 0.15) is 0 Å².